The number of aryl methyl sites for hydroxylation is 2. The fourth-order valence-corrected chi connectivity index (χ4v) is 3.11. The molecule has 4 nitrogen and oxygen atoms in total. The zero-order chi connectivity index (χ0) is 16.5. The van der Waals surface area contributed by atoms with E-state index in [0.717, 1.165) is 44.3 Å². The molecule has 0 unspecified atom stereocenters. The van der Waals surface area contributed by atoms with E-state index in [9.17, 15) is 0 Å². The quantitative estimate of drug-likeness (QED) is 0.406. The third-order valence-electron chi connectivity index (χ3n) is 4.33. The Kier molecular flexibility index (Phi) is 3.50. The lowest BCUT2D eigenvalue weighted by molar-refractivity contribution is 1.24. The van der Waals surface area contributed by atoms with Crippen molar-refractivity contribution in [3.8, 4) is 0 Å². The lowest BCUT2D eigenvalue weighted by Gasteiger charge is -1.92. The third kappa shape index (κ3) is 2.42. The van der Waals surface area contributed by atoms with Gasteiger partial charge in [0.15, 0.2) is 0 Å². The monoisotopic (exact) mass is 314 g/mol. The van der Waals surface area contributed by atoms with Crippen LogP contribution >= 0.6 is 0 Å². The molecule has 0 aliphatic rings. The molecule has 24 heavy (non-hydrogen) atoms. The van der Waals surface area contributed by atoms with Gasteiger partial charge in [-0.05, 0) is 26.0 Å². The van der Waals surface area contributed by atoms with Gasteiger partial charge in [0.1, 0.15) is 0 Å². The summed E-state index contributed by atoms with van der Waals surface area (Å²) in [6.07, 6.45) is 3.63. The van der Waals surface area contributed by atoms with Crippen molar-refractivity contribution in [3.63, 3.8) is 0 Å². The van der Waals surface area contributed by atoms with Gasteiger partial charge in [0.05, 0.1) is 12.4 Å². The second-order valence-electron chi connectivity index (χ2n) is 5.91. The van der Waals surface area contributed by atoms with Crippen LogP contribution in [-0.2, 0) is 0 Å². The van der Waals surface area contributed by atoms with Crippen LogP contribution in [0.1, 0.15) is 22.5 Å². The van der Waals surface area contributed by atoms with Crippen molar-refractivity contribution < 1.29 is 0 Å². The van der Waals surface area contributed by atoms with Gasteiger partial charge in [-0.1, -0.05) is 36.4 Å². The fraction of sp³-hybridized carbons (Fsp3) is 0.100. The summed E-state index contributed by atoms with van der Waals surface area (Å²) in [5.41, 5.74) is 6.59. The molecule has 0 fully saturated rings. The van der Waals surface area contributed by atoms with Gasteiger partial charge in [-0.15, -0.1) is 0 Å². The molecule has 0 saturated heterocycles. The highest BCUT2D eigenvalue weighted by Crippen LogP contribution is 2.21. The molecule has 0 bridgehead atoms. The minimum Gasteiger partial charge on any atom is -0.358 e. The highest BCUT2D eigenvalue weighted by atomic mass is 15.2. The molecule has 118 valence electrons. The smallest absolute Gasteiger partial charge is 0.0592 e. The Bertz CT molecular complexity index is 992. The van der Waals surface area contributed by atoms with Gasteiger partial charge >= 0.3 is 0 Å². The number of hydrogen-bond donors (Lipinski definition) is 2. The maximum atomic E-state index is 4.26. The Morgan fingerprint density at radius 2 is 1.08 bits per heavy atom. The van der Waals surface area contributed by atoms with E-state index >= 15 is 0 Å². The Morgan fingerprint density at radius 1 is 0.667 bits per heavy atom. The summed E-state index contributed by atoms with van der Waals surface area (Å²) in [5.74, 6) is 0. The summed E-state index contributed by atoms with van der Waals surface area (Å²) in [6.45, 7) is 4.10. The second kappa shape index (κ2) is 5.81. The number of nitrogens with zero attached hydrogens (tertiary/aromatic N) is 2. The Hall–Kier alpha value is -3.14. The summed E-state index contributed by atoms with van der Waals surface area (Å²) in [5, 5.41) is 10.8. The molecular weight excluding hydrogens is 296 g/mol. The first-order valence-corrected chi connectivity index (χ1v) is 7.95. The number of hydrogen-bond acceptors (Lipinski definition) is 2. The molecule has 0 aliphatic heterocycles. The first-order valence-electron chi connectivity index (χ1n) is 7.95. The molecule has 0 saturated carbocycles. The maximum Gasteiger partial charge on any atom is 0.0592 e. The predicted octanol–water partition coefficient (Wildman–Crippen LogP) is 4.72. The average molecular weight is 314 g/mol. The summed E-state index contributed by atoms with van der Waals surface area (Å²) in [6, 6.07) is 16.4. The standard InChI is InChI=1S/C20H18N4/c1-13-17(15-7-3-5-9-19(15)23-13)11-21-22-12-18-14(2)24-20-10-6-4-8-16(18)20/h3-12,23-24H,1-2H3/b21-11-,22-12-. The number of benzene rings is 2. The van der Waals surface area contributed by atoms with Crippen LogP contribution in [0.3, 0.4) is 0 Å². The minimum absolute atomic E-state index is 1.08. The molecule has 2 N–H and O–H groups in total. The van der Waals surface area contributed by atoms with Crippen LogP contribution in [0, 0.1) is 13.8 Å². The average Bonchev–Trinajstić information content (AvgIpc) is 3.08. The topological polar surface area (TPSA) is 56.3 Å². The predicted molar refractivity (Wildman–Crippen MR) is 101 cm³/mol. The van der Waals surface area contributed by atoms with Crippen LogP contribution in [0.2, 0.25) is 0 Å². The number of H-pyrrole nitrogens is 2. The number of nitrogens with one attached hydrogen (secondary N) is 2. The zero-order valence-electron chi connectivity index (χ0n) is 13.7. The molecule has 0 spiro atoms. The Balaban J connectivity index is 1.66. The van der Waals surface area contributed by atoms with Crippen LogP contribution in [0.25, 0.3) is 21.8 Å². The van der Waals surface area contributed by atoms with Crippen molar-refractivity contribution in [2.45, 2.75) is 13.8 Å². The van der Waals surface area contributed by atoms with Gasteiger partial charge in [0.2, 0.25) is 0 Å². The molecule has 0 aliphatic carbocycles. The van der Waals surface area contributed by atoms with Crippen molar-refractivity contribution in [1.82, 2.24) is 9.97 Å². The van der Waals surface area contributed by atoms with Crippen LogP contribution < -0.4 is 0 Å². The van der Waals surface area contributed by atoms with Crippen LogP contribution in [0.15, 0.2) is 58.7 Å². The van der Waals surface area contributed by atoms with Crippen molar-refractivity contribution in [2.24, 2.45) is 10.2 Å². The van der Waals surface area contributed by atoms with Crippen molar-refractivity contribution >= 4 is 34.2 Å². The number of aromatic amines is 2. The lowest BCUT2D eigenvalue weighted by atomic mass is 10.1. The van der Waals surface area contributed by atoms with Crippen LogP contribution in [-0.4, -0.2) is 22.4 Å². The van der Waals surface area contributed by atoms with Crippen LogP contribution in [0.5, 0.6) is 0 Å². The molecule has 2 heterocycles. The largest absolute Gasteiger partial charge is 0.358 e. The normalized spacial score (nSPS) is 12.2. The maximum absolute atomic E-state index is 4.26. The minimum atomic E-state index is 1.08. The SMILES string of the molecule is Cc1[nH]c2ccccc2c1/C=N\N=C/c1c(C)[nH]c2ccccc12. The molecule has 0 atom stereocenters. The highest BCUT2D eigenvalue weighted by molar-refractivity contribution is 6.02. The molecule has 4 heteroatoms. The van der Waals surface area contributed by atoms with Crippen molar-refractivity contribution in [3.05, 3.63) is 71.0 Å². The van der Waals surface area contributed by atoms with Gasteiger partial charge in [0, 0.05) is 44.3 Å². The van der Waals surface area contributed by atoms with E-state index in [0.29, 0.717) is 0 Å². The van der Waals surface area contributed by atoms with Crippen LogP contribution in [0.4, 0.5) is 0 Å². The fourth-order valence-electron chi connectivity index (χ4n) is 3.11. The Morgan fingerprint density at radius 3 is 1.54 bits per heavy atom. The summed E-state index contributed by atoms with van der Waals surface area (Å²) in [4.78, 5) is 6.73. The molecular formula is C20H18N4. The molecule has 2 aromatic carbocycles. The zero-order valence-corrected chi connectivity index (χ0v) is 13.7. The van der Waals surface area contributed by atoms with Crippen molar-refractivity contribution in [2.75, 3.05) is 0 Å². The third-order valence-corrected chi connectivity index (χ3v) is 4.33. The summed E-state index contributed by atoms with van der Waals surface area (Å²) >= 11 is 0. The number of fused-ring (bicyclic) bond motifs is 2. The van der Waals surface area contributed by atoms with Gasteiger partial charge in [-0.2, -0.15) is 10.2 Å². The van der Waals surface area contributed by atoms with E-state index in [1.165, 1.54) is 0 Å². The van der Waals surface area contributed by atoms with E-state index in [2.05, 4.69) is 58.3 Å². The van der Waals surface area contributed by atoms with Gasteiger partial charge in [0.25, 0.3) is 0 Å². The first kappa shape index (κ1) is 14.5. The Labute approximate surface area is 139 Å². The molecule has 4 aromatic rings. The lowest BCUT2D eigenvalue weighted by Crippen LogP contribution is -1.84. The number of para-hydroxylation sites is 2. The van der Waals surface area contributed by atoms with E-state index < -0.39 is 0 Å². The van der Waals surface area contributed by atoms with E-state index in [4.69, 9.17) is 0 Å². The number of rotatable bonds is 3. The van der Waals surface area contributed by atoms with E-state index in [-0.39, 0.29) is 0 Å². The van der Waals surface area contributed by atoms with Gasteiger partial charge in [-0.25, -0.2) is 0 Å². The molecule has 0 radical (unpaired) electrons. The summed E-state index contributed by atoms with van der Waals surface area (Å²) < 4.78 is 0. The molecule has 4 rings (SSSR count). The first-order chi connectivity index (χ1) is 11.7. The molecule has 0 amide bonds. The van der Waals surface area contributed by atoms with E-state index in [1.54, 1.807) is 0 Å². The molecule has 2 aromatic heterocycles. The van der Waals surface area contributed by atoms with E-state index in [1.807, 2.05) is 36.7 Å². The summed E-state index contributed by atoms with van der Waals surface area (Å²) in [7, 11) is 0. The second-order valence-corrected chi connectivity index (χ2v) is 5.91. The van der Waals surface area contributed by atoms with Gasteiger partial charge in [-0.3, -0.25) is 0 Å². The van der Waals surface area contributed by atoms with Crippen molar-refractivity contribution in [1.29, 1.82) is 0 Å². The highest BCUT2D eigenvalue weighted by Gasteiger charge is 2.06. The van der Waals surface area contributed by atoms with Gasteiger partial charge < -0.3 is 9.97 Å². The number of aromatic nitrogens is 2.